The Morgan fingerprint density at radius 2 is 2.11 bits per heavy atom. The lowest BCUT2D eigenvalue weighted by Crippen LogP contribution is -2.13. The standard InChI is InChI=1S/C13H13N3O2/c1-8-6-9(2)15-11(7-8)16-13(18)10-4-3-5-14-12(10)17/h3-7H,1-2H3,(H,14,17)(H,15,16,18). The van der Waals surface area contributed by atoms with Crippen molar-refractivity contribution in [1.82, 2.24) is 9.97 Å². The van der Waals surface area contributed by atoms with Gasteiger partial charge in [0.05, 0.1) is 0 Å². The second kappa shape index (κ2) is 4.83. The van der Waals surface area contributed by atoms with Crippen LogP contribution in [0.5, 0.6) is 5.88 Å². The lowest BCUT2D eigenvalue weighted by Gasteiger charge is -2.07. The first kappa shape index (κ1) is 12.0. The molecule has 2 rings (SSSR count). The zero-order valence-electron chi connectivity index (χ0n) is 10.1. The molecule has 2 aromatic heterocycles. The first-order valence-electron chi connectivity index (χ1n) is 5.47. The Balaban J connectivity index is 2.24. The van der Waals surface area contributed by atoms with Crippen molar-refractivity contribution in [3.8, 4) is 5.88 Å². The minimum Gasteiger partial charge on any atom is -0.493 e. The number of carbonyl (C=O) groups is 1. The van der Waals surface area contributed by atoms with Crippen LogP contribution in [0.1, 0.15) is 21.6 Å². The number of aryl methyl sites for hydroxylation is 2. The molecule has 92 valence electrons. The van der Waals surface area contributed by atoms with Crippen LogP contribution in [-0.2, 0) is 0 Å². The Kier molecular flexibility index (Phi) is 3.23. The molecule has 0 spiro atoms. The molecule has 5 nitrogen and oxygen atoms in total. The van der Waals surface area contributed by atoms with Crippen molar-refractivity contribution in [2.75, 3.05) is 5.32 Å². The number of anilines is 1. The first-order valence-corrected chi connectivity index (χ1v) is 5.47. The third kappa shape index (κ3) is 2.63. The SMILES string of the molecule is Cc1cc(C)nc(NC(=O)c2cccnc2O)c1. The van der Waals surface area contributed by atoms with Crippen molar-refractivity contribution in [3.05, 3.63) is 47.3 Å². The predicted octanol–water partition coefficient (Wildman–Crippen LogP) is 2.05. The fraction of sp³-hybridized carbons (Fsp3) is 0.154. The van der Waals surface area contributed by atoms with Crippen LogP contribution in [0.4, 0.5) is 5.82 Å². The molecule has 2 aromatic rings. The third-order valence-corrected chi connectivity index (χ3v) is 2.37. The summed E-state index contributed by atoms with van der Waals surface area (Å²) in [7, 11) is 0. The summed E-state index contributed by atoms with van der Waals surface area (Å²) in [5.41, 5.74) is 1.95. The molecule has 0 saturated carbocycles. The van der Waals surface area contributed by atoms with Crippen molar-refractivity contribution < 1.29 is 9.90 Å². The van der Waals surface area contributed by atoms with Gasteiger partial charge >= 0.3 is 0 Å². The van der Waals surface area contributed by atoms with Crippen molar-refractivity contribution in [2.24, 2.45) is 0 Å². The Morgan fingerprint density at radius 1 is 1.33 bits per heavy atom. The van der Waals surface area contributed by atoms with E-state index in [0.29, 0.717) is 5.82 Å². The zero-order valence-corrected chi connectivity index (χ0v) is 10.1. The number of nitrogens with zero attached hydrogens (tertiary/aromatic N) is 2. The van der Waals surface area contributed by atoms with Gasteiger partial charge in [-0.05, 0) is 43.7 Å². The quantitative estimate of drug-likeness (QED) is 0.846. The Labute approximate surface area is 105 Å². The summed E-state index contributed by atoms with van der Waals surface area (Å²) in [6, 6.07) is 6.76. The molecule has 1 amide bonds. The average molecular weight is 243 g/mol. The van der Waals surface area contributed by atoms with Crippen molar-refractivity contribution in [3.63, 3.8) is 0 Å². The molecule has 0 bridgehead atoms. The normalized spacial score (nSPS) is 10.1. The minimum absolute atomic E-state index is 0.124. The molecule has 0 aliphatic carbocycles. The van der Waals surface area contributed by atoms with Crippen LogP contribution in [0.2, 0.25) is 0 Å². The fourth-order valence-corrected chi connectivity index (χ4v) is 1.66. The average Bonchev–Trinajstić information content (AvgIpc) is 2.27. The maximum atomic E-state index is 11.9. The predicted molar refractivity (Wildman–Crippen MR) is 67.6 cm³/mol. The number of amides is 1. The zero-order chi connectivity index (χ0) is 13.1. The molecule has 0 aromatic carbocycles. The molecule has 0 radical (unpaired) electrons. The molecule has 0 saturated heterocycles. The van der Waals surface area contributed by atoms with Gasteiger partial charge in [0.15, 0.2) is 0 Å². The fourth-order valence-electron chi connectivity index (χ4n) is 1.66. The highest BCUT2D eigenvalue weighted by atomic mass is 16.3. The van der Waals surface area contributed by atoms with E-state index in [1.807, 2.05) is 19.9 Å². The van der Waals surface area contributed by atoms with Crippen LogP contribution in [0.25, 0.3) is 0 Å². The van der Waals surface area contributed by atoms with Crippen molar-refractivity contribution in [1.29, 1.82) is 0 Å². The maximum absolute atomic E-state index is 11.9. The Bertz CT molecular complexity index is 576. The smallest absolute Gasteiger partial charge is 0.262 e. The number of aromatic nitrogens is 2. The van der Waals surface area contributed by atoms with E-state index in [-0.39, 0.29) is 11.4 Å². The van der Waals surface area contributed by atoms with Crippen LogP contribution in [0.3, 0.4) is 0 Å². The number of pyridine rings is 2. The molecular weight excluding hydrogens is 230 g/mol. The lowest BCUT2D eigenvalue weighted by molar-refractivity contribution is 0.102. The number of rotatable bonds is 2. The summed E-state index contributed by atoms with van der Waals surface area (Å²) in [5.74, 6) is -0.266. The van der Waals surface area contributed by atoms with Gasteiger partial charge in [-0.25, -0.2) is 9.97 Å². The molecule has 0 fully saturated rings. The van der Waals surface area contributed by atoms with Crippen LogP contribution >= 0.6 is 0 Å². The number of aromatic hydroxyl groups is 1. The van der Waals surface area contributed by atoms with Crippen LogP contribution < -0.4 is 5.32 Å². The van der Waals surface area contributed by atoms with Crippen molar-refractivity contribution >= 4 is 11.7 Å². The third-order valence-electron chi connectivity index (χ3n) is 2.37. The number of hydrogen-bond acceptors (Lipinski definition) is 4. The first-order chi connectivity index (χ1) is 8.56. The van der Waals surface area contributed by atoms with Gasteiger partial charge in [0.1, 0.15) is 11.4 Å². The monoisotopic (exact) mass is 243 g/mol. The Hall–Kier alpha value is -2.43. The minimum atomic E-state index is -0.432. The van der Waals surface area contributed by atoms with E-state index in [2.05, 4.69) is 15.3 Å². The molecule has 18 heavy (non-hydrogen) atoms. The van der Waals surface area contributed by atoms with E-state index in [1.165, 1.54) is 12.3 Å². The summed E-state index contributed by atoms with van der Waals surface area (Å²) in [5, 5.41) is 12.1. The largest absolute Gasteiger partial charge is 0.493 e. The number of hydrogen-bond donors (Lipinski definition) is 2. The molecule has 0 aliphatic heterocycles. The summed E-state index contributed by atoms with van der Waals surface area (Å²) in [6.45, 7) is 3.77. The van der Waals surface area contributed by atoms with E-state index in [9.17, 15) is 9.90 Å². The van der Waals surface area contributed by atoms with Gasteiger partial charge in [-0.15, -0.1) is 0 Å². The van der Waals surface area contributed by atoms with Gasteiger partial charge in [-0.3, -0.25) is 4.79 Å². The Morgan fingerprint density at radius 3 is 2.78 bits per heavy atom. The molecule has 0 atom stereocenters. The van der Waals surface area contributed by atoms with E-state index in [1.54, 1.807) is 12.1 Å². The molecule has 0 aliphatic rings. The molecule has 0 unspecified atom stereocenters. The second-order valence-electron chi connectivity index (χ2n) is 4.00. The summed E-state index contributed by atoms with van der Waals surface area (Å²) < 4.78 is 0. The lowest BCUT2D eigenvalue weighted by atomic mass is 10.2. The number of nitrogens with one attached hydrogen (secondary N) is 1. The van der Waals surface area contributed by atoms with Gasteiger partial charge in [-0.1, -0.05) is 0 Å². The number of carbonyl (C=O) groups excluding carboxylic acids is 1. The van der Waals surface area contributed by atoms with E-state index >= 15 is 0 Å². The van der Waals surface area contributed by atoms with Gasteiger partial charge < -0.3 is 10.4 Å². The summed E-state index contributed by atoms with van der Waals surface area (Å²) in [4.78, 5) is 19.8. The van der Waals surface area contributed by atoms with Crippen LogP contribution in [0, 0.1) is 13.8 Å². The van der Waals surface area contributed by atoms with Crippen LogP contribution in [0.15, 0.2) is 30.5 Å². The molecular formula is C13H13N3O2. The van der Waals surface area contributed by atoms with Crippen LogP contribution in [-0.4, -0.2) is 21.0 Å². The van der Waals surface area contributed by atoms with Gasteiger partial charge in [-0.2, -0.15) is 0 Å². The van der Waals surface area contributed by atoms with E-state index in [0.717, 1.165) is 11.3 Å². The van der Waals surface area contributed by atoms with Crippen molar-refractivity contribution in [2.45, 2.75) is 13.8 Å². The maximum Gasteiger partial charge on any atom is 0.262 e. The summed E-state index contributed by atoms with van der Waals surface area (Å²) in [6.07, 6.45) is 1.42. The molecule has 2 N–H and O–H groups in total. The van der Waals surface area contributed by atoms with Gasteiger partial charge in [0, 0.05) is 11.9 Å². The van der Waals surface area contributed by atoms with Gasteiger partial charge in [0.2, 0.25) is 5.88 Å². The molecule has 2 heterocycles. The summed E-state index contributed by atoms with van der Waals surface area (Å²) >= 11 is 0. The highest BCUT2D eigenvalue weighted by Gasteiger charge is 2.12. The van der Waals surface area contributed by atoms with Gasteiger partial charge in [0.25, 0.3) is 5.91 Å². The second-order valence-corrected chi connectivity index (χ2v) is 4.00. The van der Waals surface area contributed by atoms with E-state index in [4.69, 9.17) is 0 Å². The highest BCUT2D eigenvalue weighted by Crippen LogP contribution is 2.15. The molecule has 5 heteroatoms. The topological polar surface area (TPSA) is 75.1 Å². The highest BCUT2D eigenvalue weighted by molar-refractivity contribution is 6.05. The van der Waals surface area contributed by atoms with E-state index < -0.39 is 5.91 Å².